The average molecular weight is 493 g/mol. The summed E-state index contributed by atoms with van der Waals surface area (Å²) in [7, 11) is 0. The Morgan fingerprint density at radius 1 is 1.73 bits per heavy atom. The number of esters is 1. The molecule has 0 unspecified atom stereocenters. The maximum absolute atomic E-state index is 11.0. The Kier molecular flexibility index (Phi) is 8.03. The summed E-state index contributed by atoms with van der Waals surface area (Å²) in [6.07, 6.45) is 7.32. The van der Waals surface area contributed by atoms with E-state index >= 15 is 0 Å². The van der Waals surface area contributed by atoms with Gasteiger partial charge in [-0.25, -0.2) is 4.79 Å². The molecule has 0 N–H and O–H groups in total. The van der Waals surface area contributed by atoms with Crippen molar-refractivity contribution < 1.29 is 40.6 Å². The van der Waals surface area contributed by atoms with Crippen LogP contribution < -0.4 is 0 Å². The molecule has 0 aliphatic heterocycles. The Balaban J connectivity index is 0.00000196. The van der Waals surface area contributed by atoms with Gasteiger partial charge in [0.1, 0.15) is 0 Å². The first kappa shape index (κ1) is 14.9. The van der Waals surface area contributed by atoms with E-state index in [1.54, 1.807) is 25.3 Å². The minimum atomic E-state index is -0.351. The predicted molar refractivity (Wildman–Crippen MR) is 56.4 cm³/mol. The topological polar surface area (TPSA) is 39.2 Å². The molecular formula is C10H9BrNO2U-. The molecule has 78 valence electrons. The molecule has 0 amide bonds. The Labute approximate surface area is 121 Å². The van der Waals surface area contributed by atoms with Gasteiger partial charge in [0.15, 0.2) is 0 Å². The van der Waals surface area contributed by atoms with E-state index in [1.807, 2.05) is 0 Å². The summed E-state index contributed by atoms with van der Waals surface area (Å²) in [6.45, 7) is 2.15. The molecule has 1 aromatic rings. The van der Waals surface area contributed by atoms with Crippen LogP contribution in [0, 0.1) is 37.3 Å². The maximum atomic E-state index is 11.0. The first-order valence-corrected chi connectivity index (χ1v) is 4.89. The third kappa shape index (κ3) is 5.50. The number of halogens is 1. The van der Waals surface area contributed by atoms with Crippen molar-refractivity contribution in [3.63, 3.8) is 0 Å². The van der Waals surface area contributed by atoms with E-state index in [-0.39, 0.29) is 37.1 Å². The van der Waals surface area contributed by atoms with Crippen LogP contribution in [0.4, 0.5) is 0 Å². The fraction of sp³-hybridized carbons (Fsp3) is 0.200. The van der Waals surface area contributed by atoms with Crippen molar-refractivity contribution in [2.24, 2.45) is 0 Å². The molecule has 0 aliphatic carbocycles. The summed E-state index contributed by atoms with van der Waals surface area (Å²) in [6, 6.07) is 1.68. The molecule has 0 bridgehead atoms. The normalized spacial score (nSPS) is 9.73. The molecular weight excluding hydrogens is 484 g/mol. The van der Waals surface area contributed by atoms with Crippen molar-refractivity contribution in [2.45, 2.75) is 6.92 Å². The second-order valence-electron chi connectivity index (χ2n) is 2.42. The molecule has 1 aromatic heterocycles. The number of hydrogen-bond donors (Lipinski definition) is 0. The van der Waals surface area contributed by atoms with Crippen molar-refractivity contribution in [1.29, 1.82) is 0 Å². The molecule has 3 nitrogen and oxygen atoms in total. The van der Waals surface area contributed by atoms with Gasteiger partial charge in [0, 0.05) is 37.2 Å². The molecule has 1 heterocycles. The monoisotopic (exact) mass is 492 g/mol. The minimum absolute atomic E-state index is 0. The zero-order chi connectivity index (χ0) is 10.4. The SMILES string of the molecule is CCOC(=O)/C=C/c1c[c-]ncc1Br.[U]. The second kappa shape index (κ2) is 8.09. The number of nitrogens with zero attached hydrogens (tertiary/aromatic N) is 1. The van der Waals surface area contributed by atoms with Crippen LogP contribution in [0.15, 0.2) is 22.8 Å². The van der Waals surface area contributed by atoms with E-state index in [1.165, 1.54) is 6.08 Å². The fourth-order valence-corrected chi connectivity index (χ4v) is 1.17. The molecule has 0 saturated heterocycles. The molecule has 0 saturated carbocycles. The van der Waals surface area contributed by atoms with Crippen LogP contribution in [0.2, 0.25) is 0 Å². The van der Waals surface area contributed by atoms with Crippen molar-refractivity contribution in [2.75, 3.05) is 6.61 Å². The summed E-state index contributed by atoms with van der Waals surface area (Å²) in [4.78, 5) is 14.8. The maximum Gasteiger partial charge on any atom is 0.329 e. The Bertz CT molecular complexity index is 355. The standard InChI is InChI=1S/C10H9BrNO2.U/c1-2-14-10(13)4-3-8-5-6-12-7-9(8)11;/h3-5,7H,2H2,1H3;/q-1;/b4-3+;. The molecule has 0 spiro atoms. The van der Waals surface area contributed by atoms with Gasteiger partial charge in [-0.15, -0.1) is 17.7 Å². The number of hydrogen-bond acceptors (Lipinski definition) is 3. The van der Waals surface area contributed by atoms with Gasteiger partial charge < -0.3 is 9.72 Å². The molecule has 0 radical (unpaired) electrons. The van der Waals surface area contributed by atoms with E-state index in [2.05, 4.69) is 27.1 Å². The summed E-state index contributed by atoms with van der Waals surface area (Å²) in [5.41, 5.74) is 0.841. The van der Waals surface area contributed by atoms with E-state index in [0.29, 0.717) is 6.61 Å². The third-order valence-electron chi connectivity index (χ3n) is 1.43. The number of rotatable bonds is 3. The van der Waals surface area contributed by atoms with Gasteiger partial charge in [-0.2, -0.15) is 0 Å². The number of aromatic nitrogens is 1. The van der Waals surface area contributed by atoms with E-state index in [4.69, 9.17) is 4.74 Å². The van der Waals surface area contributed by atoms with Crippen molar-refractivity contribution in [3.05, 3.63) is 34.6 Å². The van der Waals surface area contributed by atoms with Crippen LogP contribution in [0.25, 0.3) is 6.08 Å². The van der Waals surface area contributed by atoms with Crippen LogP contribution >= 0.6 is 15.9 Å². The fourth-order valence-electron chi connectivity index (χ4n) is 0.820. The minimum Gasteiger partial charge on any atom is -0.463 e. The Morgan fingerprint density at radius 3 is 3.07 bits per heavy atom. The largest absolute Gasteiger partial charge is 0.463 e. The summed E-state index contributed by atoms with van der Waals surface area (Å²) < 4.78 is 5.55. The van der Waals surface area contributed by atoms with Gasteiger partial charge in [0.25, 0.3) is 0 Å². The third-order valence-corrected chi connectivity index (χ3v) is 2.10. The van der Waals surface area contributed by atoms with E-state index in [9.17, 15) is 4.79 Å². The summed E-state index contributed by atoms with van der Waals surface area (Å²) >= 11 is 3.30. The van der Waals surface area contributed by atoms with Gasteiger partial charge in [-0.3, -0.25) is 0 Å². The Morgan fingerprint density at radius 2 is 2.47 bits per heavy atom. The van der Waals surface area contributed by atoms with Crippen LogP contribution in [0.5, 0.6) is 0 Å². The number of pyridine rings is 1. The van der Waals surface area contributed by atoms with Crippen molar-refractivity contribution in [3.8, 4) is 0 Å². The average Bonchev–Trinajstić information content (AvgIpc) is 2.17. The first-order chi connectivity index (χ1) is 6.74. The second-order valence-corrected chi connectivity index (χ2v) is 3.27. The van der Waals surface area contributed by atoms with Gasteiger partial charge in [0.05, 0.1) is 6.61 Å². The van der Waals surface area contributed by atoms with E-state index < -0.39 is 0 Å². The van der Waals surface area contributed by atoms with Crippen LogP contribution in [-0.2, 0) is 9.53 Å². The zero-order valence-electron chi connectivity index (χ0n) is 8.16. The van der Waals surface area contributed by atoms with Gasteiger partial charge in [-0.05, 0) is 6.92 Å². The quantitative estimate of drug-likeness (QED) is 0.369. The molecule has 15 heavy (non-hydrogen) atoms. The summed E-state index contributed by atoms with van der Waals surface area (Å²) in [5, 5.41) is 0. The van der Waals surface area contributed by atoms with Gasteiger partial charge in [-0.1, -0.05) is 32.8 Å². The molecule has 0 aliphatic rings. The van der Waals surface area contributed by atoms with Crippen molar-refractivity contribution in [1.82, 2.24) is 4.98 Å². The van der Waals surface area contributed by atoms with Gasteiger partial charge in [0.2, 0.25) is 0 Å². The Hall–Kier alpha value is -0.108. The van der Waals surface area contributed by atoms with Gasteiger partial charge >= 0.3 is 5.97 Å². The smallest absolute Gasteiger partial charge is 0.329 e. The summed E-state index contributed by atoms with van der Waals surface area (Å²) in [5.74, 6) is -0.351. The predicted octanol–water partition coefficient (Wildman–Crippen LogP) is 2.22. The zero-order valence-corrected chi connectivity index (χ0v) is 13.9. The molecule has 1 rings (SSSR count). The molecule has 0 atom stereocenters. The van der Waals surface area contributed by atoms with Crippen LogP contribution in [-0.4, -0.2) is 17.6 Å². The number of ether oxygens (including phenoxy) is 1. The van der Waals surface area contributed by atoms with Crippen molar-refractivity contribution >= 4 is 28.0 Å². The van der Waals surface area contributed by atoms with Crippen LogP contribution in [0.1, 0.15) is 12.5 Å². The van der Waals surface area contributed by atoms with Crippen LogP contribution in [0.3, 0.4) is 0 Å². The molecule has 0 aromatic carbocycles. The van der Waals surface area contributed by atoms with E-state index in [0.717, 1.165) is 10.0 Å². The molecule has 0 fully saturated rings. The number of carbonyl (C=O) groups is 1. The molecule has 5 heteroatoms. The number of carbonyl (C=O) groups excluding carboxylic acids is 1. The first-order valence-electron chi connectivity index (χ1n) is 4.10.